The molecule has 0 aromatic carbocycles. The van der Waals surface area contributed by atoms with Crippen LogP contribution in [0, 0.1) is 17.2 Å². The summed E-state index contributed by atoms with van der Waals surface area (Å²) in [7, 11) is 0. The molecule has 0 spiro atoms. The van der Waals surface area contributed by atoms with Crippen molar-refractivity contribution in [3.8, 4) is 17.3 Å². The van der Waals surface area contributed by atoms with Crippen LogP contribution in [0.3, 0.4) is 0 Å². The van der Waals surface area contributed by atoms with Crippen molar-refractivity contribution in [2.45, 2.75) is 57.0 Å². The fraction of sp³-hybridized carbons (Fsp3) is 0.560. The number of ether oxygens (including phenoxy) is 1. The summed E-state index contributed by atoms with van der Waals surface area (Å²) in [5, 5.41) is 19.8. The average Bonchev–Trinajstić information content (AvgIpc) is 2.86. The maximum absolute atomic E-state index is 8.69. The Morgan fingerprint density at radius 2 is 1.85 bits per heavy atom. The highest BCUT2D eigenvalue weighted by atomic mass is 35.5. The molecule has 1 saturated heterocycles. The Bertz CT molecular complexity index is 935. The van der Waals surface area contributed by atoms with Crippen molar-refractivity contribution in [2.75, 3.05) is 36.9 Å². The lowest BCUT2D eigenvalue weighted by Gasteiger charge is -2.30. The van der Waals surface area contributed by atoms with Crippen LogP contribution in [0.2, 0.25) is 5.02 Å². The highest BCUT2D eigenvalue weighted by Crippen LogP contribution is 2.30. The highest BCUT2D eigenvalue weighted by molar-refractivity contribution is 6.33. The number of pyridine rings is 2. The minimum atomic E-state index is 0.390. The molecule has 0 bridgehead atoms. The van der Waals surface area contributed by atoms with Gasteiger partial charge in [-0.1, -0.05) is 17.7 Å². The van der Waals surface area contributed by atoms with E-state index in [0.717, 1.165) is 87.7 Å². The molecule has 8 heteroatoms. The number of hydrogen-bond acceptors (Lipinski definition) is 7. The van der Waals surface area contributed by atoms with E-state index in [2.05, 4.69) is 27.0 Å². The van der Waals surface area contributed by atoms with E-state index in [1.165, 1.54) is 0 Å². The monoisotopic (exact) mass is 468 g/mol. The zero-order valence-electron chi connectivity index (χ0n) is 19.0. The molecule has 33 heavy (non-hydrogen) atoms. The number of hydrogen-bond donors (Lipinski definition) is 3. The number of aromatic nitrogens is 2. The Labute approximate surface area is 201 Å². The first-order chi connectivity index (χ1) is 16.2. The Kier molecular flexibility index (Phi) is 8.76. The van der Waals surface area contributed by atoms with Crippen LogP contribution in [0.5, 0.6) is 0 Å². The predicted molar refractivity (Wildman–Crippen MR) is 132 cm³/mol. The maximum Gasteiger partial charge on any atom is 0.126 e. The molecule has 2 aromatic rings. The topological polar surface area (TPSA) is 94.9 Å². The molecule has 2 aliphatic rings. The summed E-state index contributed by atoms with van der Waals surface area (Å²) in [4.78, 5) is 9.32. The zero-order valence-corrected chi connectivity index (χ0v) is 19.8. The smallest absolute Gasteiger partial charge is 0.126 e. The third-order valence-electron chi connectivity index (χ3n) is 6.54. The van der Waals surface area contributed by atoms with Gasteiger partial charge >= 0.3 is 0 Å². The van der Waals surface area contributed by atoms with Gasteiger partial charge in [0.25, 0.3) is 0 Å². The molecule has 1 aliphatic carbocycles. The van der Waals surface area contributed by atoms with Gasteiger partial charge in [0.2, 0.25) is 0 Å². The Morgan fingerprint density at radius 1 is 1.06 bits per heavy atom. The number of nitrogens with zero attached hydrogens (tertiary/aromatic N) is 3. The van der Waals surface area contributed by atoms with Crippen molar-refractivity contribution in [1.82, 2.24) is 15.3 Å². The summed E-state index contributed by atoms with van der Waals surface area (Å²) in [6, 6.07) is 11.1. The van der Waals surface area contributed by atoms with Gasteiger partial charge in [-0.25, -0.2) is 9.97 Å². The molecule has 0 amide bonds. The van der Waals surface area contributed by atoms with E-state index in [1.54, 1.807) is 6.20 Å². The van der Waals surface area contributed by atoms with E-state index in [0.29, 0.717) is 29.4 Å². The van der Waals surface area contributed by atoms with Gasteiger partial charge in [-0.15, -0.1) is 0 Å². The van der Waals surface area contributed by atoms with Gasteiger partial charge < -0.3 is 20.7 Å². The first-order valence-electron chi connectivity index (χ1n) is 12.0. The second kappa shape index (κ2) is 12.2. The van der Waals surface area contributed by atoms with Crippen LogP contribution in [0.25, 0.3) is 11.3 Å². The minimum absolute atomic E-state index is 0.390. The van der Waals surface area contributed by atoms with E-state index in [1.807, 2.05) is 24.3 Å². The van der Waals surface area contributed by atoms with Crippen LogP contribution in [0.4, 0.5) is 11.6 Å². The lowest BCUT2D eigenvalue weighted by molar-refractivity contribution is 0.0699. The van der Waals surface area contributed by atoms with Crippen molar-refractivity contribution in [3.63, 3.8) is 0 Å². The summed E-state index contributed by atoms with van der Waals surface area (Å²) >= 11 is 6.51. The van der Waals surface area contributed by atoms with Crippen LogP contribution >= 0.6 is 11.6 Å². The lowest BCUT2D eigenvalue weighted by Crippen LogP contribution is -2.37. The fourth-order valence-electron chi connectivity index (χ4n) is 4.58. The van der Waals surface area contributed by atoms with Crippen molar-refractivity contribution in [2.24, 2.45) is 5.92 Å². The van der Waals surface area contributed by atoms with Crippen LogP contribution in [-0.4, -0.2) is 48.4 Å². The summed E-state index contributed by atoms with van der Waals surface area (Å²) in [6.45, 7) is 3.38. The first-order valence-corrected chi connectivity index (χ1v) is 12.4. The second-order valence-corrected chi connectivity index (χ2v) is 9.36. The van der Waals surface area contributed by atoms with Crippen LogP contribution in [0.15, 0.2) is 30.5 Å². The molecule has 0 unspecified atom stereocenters. The fourth-order valence-corrected chi connectivity index (χ4v) is 4.78. The molecule has 7 nitrogen and oxygen atoms in total. The largest absolute Gasteiger partial charge is 0.381 e. The first kappa shape index (κ1) is 23.7. The molecule has 2 aromatic heterocycles. The lowest BCUT2D eigenvalue weighted by atomic mass is 9.91. The second-order valence-electron chi connectivity index (χ2n) is 8.95. The van der Waals surface area contributed by atoms with Crippen LogP contribution in [0.1, 0.15) is 44.9 Å². The van der Waals surface area contributed by atoms with Gasteiger partial charge in [0, 0.05) is 56.6 Å². The number of nitrogens with one attached hydrogen (secondary N) is 3. The molecule has 3 N–H and O–H groups in total. The molecule has 3 heterocycles. The Balaban J connectivity index is 1.35. The van der Waals surface area contributed by atoms with Gasteiger partial charge in [0.1, 0.15) is 11.6 Å². The number of halogens is 1. The molecule has 4 rings (SSSR count). The minimum Gasteiger partial charge on any atom is -0.381 e. The van der Waals surface area contributed by atoms with Gasteiger partial charge in [-0.05, 0) is 62.6 Å². The van der Waals surface area contributed by atoms with E-state index in [-0.39, 0.29) is 0 Å². The van der Waals surface area contributed by atoms with Crippen molar-refractivity contribution in [1.29, 1.82) is 5.26 Å². The molecule has 176 valence electrons. The quantitative estimate of drug-likeness (QED) is 0.452. The van der Waals surface area contributed by atoms with Gasteiger partial charge in [0.15, 0.2) is 0 Å². The number of nitriles is 1. The Morgan fingerprint density at radius 3 is 2.64 bits per heavy atom. The van der Waals surface area contributed by atoms with E-state index in [9.17, 15) is 0 Å². The predicted octanol–water partition coefficient (Wildman–Crippen LogP) is 4.86. The standard InChI is InChI=1S/C25H33ClN6O/c26-22-17-30-25(31-20-7-5-19(6-8-20)28-12-2-11-27)15-21(22)23-3-1-4-24(32-23)29-16-18-9-13-33-14-10-18/h1,3-4,15,17-20,28H,2,5-10,12-14,16H2,(H,29,32)(H,30,31)/t19-,20-. The van der Waals surface area contributed by atoms with E-state index < -0.39 is 0 Å². The van der Waals surface area contributed by atoms with Crippen LogP contribution < -0.4 is 16.0 Å². The van der Waals surface area contributed by atoms with Crippen molar-refractivity contribution < 1.29 is 4.74 Å². The SMILES string of the molecule is N#CCCN[C@H]1CC[C@H](Nc2cc(-c3cccc(NCC4CCOCC4)n3)c(Cl)cn2)CC1. The summed E-state index contributed by atoms with van der Waals surface area (Å²) in [5.41, 5.74) is 1.73. The average molecular weight is 469 g/mol. The highest BCUT2D eigenvalue weighted by Gasteiger charge is 2.21. The maximum atomic E-state index is 8.69. The number of rotatable bonds is 9. The summed E-state index contributed by atoms with van der Waals surface area (Å²) in [6.07, 6.45) is 8.82. The van der Waals surface area contributed by atoms with E-state index >= 15 is 0 Å². The third-order valence-corrected chi connectivity index (χ3v) is 6.84. The molecule has 1 saturated carbocycles. The third kappa shape index (κ3) is 7.04. The van der Waals surface area contributed by atoms with Crippen LogP contribution in [-0.2, 0) is 4.74 Å². The molecule has 0 radical (unpaired) electrons. The zero-order chi connectivity index (χ0) is 22.9. The van der Waals surface area contributed by atoms with Crippen molar-refractivity contribution in [3.05, 3.63) is 35.5 Å². The number of anilines is 2. The normalized spacial score (nSPS) is 21.3. The van der Waals surface area contributed by atoms with Gasteiger partial charge in [-0.3, -0.25) is 0 Å². The van der Waals surface area contributed by atoms with Gasteiger partial charge in [0.05, 0.1) is 16.8 Å². The molecule has 2 fully saturated rings. The summed E-state index contributed by atoms with van der Waals surface area (Å²) < 4.78 is 5.45. The van der Waals surface area contributed by atoms with Crippen molar-refractivity contribution >= 4 is 23.2 Å². The summed E-state index contributed by atoms with van der Waals surface area (Å²) in [5.74, 6) is 2.32. The molecular weight excluding hydrogens is 436 g/mol. The molecular formula is C25H33ClN6O. The molecule has 1 aliphatic heterocycles. The van der Waals surface area contributed by atoms with Gasteiger partial charge in [-0.2, -0.15) is 5.26 Å². The molecule has 0 atom stereocenters. The van der Waals surface area contributed by atoms with E-state index in [4.69, 9.17) is 26.6 Å². The Hall–Kier alpha value is -2.40.